The van der Waals surface area contributed by atoms with Crippen LogP contribution in [0.4, 0.5) is 5.13 Å². The summed E-state index contributed by atoms with van der Waals surface area (Å²) in [5, 5.41) is 11.0. The Morgan fingerprint density at radius 1 is 1.62 bits per heavy atom. The van der Waals surface area contributed by atoms with Crippen molar-refractivity contribution in [1.82, 2.24) is 10.2 Å². The van der Waals surface area contributed by atoms with Crippen molar-refractivity contribution in [2.75, 3.05) is 5.32 Å². The monoisotopic (exact) mass is 217 g/mol. The summed E-state index contributed by atoms with van der Waals surface area (Å²) in [5.74, 6) is 0.650. The number of aromatic amines is 1. The molecule has 74 valence electrons. The topological polar surface area (TPSA) is 40.7 Å². The molecule has 1 aromatic heterocycles. The third kappa shape index (κ3) is 3.08. The van der Waals surface area contributed by atoms with Crippen LogP contribution < -0.4 is 5.32 Å². The highest BCUT2D eigenvalue weighted by molar-refractivity contribution is 7.73. The number of nitrogens with one attached hydrogen (secondary N) is 2. The Hall–Kier alpha value is -0.420. The molecule has 0 spiro atoms. The average molecular weight is 217 g/mol. The highest BCUT2D eigenvalue weighted by atomic mass is 32.1. The number of aromatic nitrogens is 2. The van der Waals surface area contributed by atoms with Crippen molar-refractivity contribution in [3.63, 3.8) is 0 Å². The van der Waals surface area contributed by atoms with Crippen molar-refractivity contribution in [2.45, 2.75) is 33.2 Å². The first-order valence-electron chi connectivity index (χ1n) is 4.45. The quantitative estimate of drug-likeness (QED) is 0.762. The molecule has 1 heterocycles. The van der Waals surface area contributed by atoms with Crippen LogP contribution in [-0.4, -0.2) is 16.2 Å². The van der Waals surface area contributed by atoms with Crippen LogP contribution in [0.1, 0.15) is 27.2 Å². The van der Waals surface area contributed by atoms with Crippen LogP contribution in [0.5, 0.6) is 0 Å². The smallest absolute Gasteiger partial charge is 0.204 e. The molecule has 0 saturated heterocycles. The van der Waals surface area contributed by atoms with E-state index in [1.165, 1.54) is 17.8 Å². The molecule has 2 atom stereocenters. The van der Waals surface area contributed by atoms with Crippen LogP contribution in [0.15, 0.2) is 0 Å². The average Bonchev–Trinajstić information content (AvgIpc) is 2.49. The number of hydrogen-bond acceptors (Lipinski definition) is 4. The first-order valence-corrected chi connectivity index (χ1v) is 5.68. The SMILES string of the molecule is CCC(C)C(C)Nc1n[nH]c(=S)s1. The summed E-state index contributed by atoms with van der Waals surface area (Å²) in [7, 11) is 0. The molecule has 0 aliphatic carbocycles. The van der Waals surface area contributed by atoms with Gasteiger partial charge in [0.05, 0.1) is 0 Å². The molecule has 1 rings (SSSR count). The van der Waals surface area contributed by atoms with E-state index in [0.29, 0.717) is 12.0 Å². The second-order valence-electron chi connectivity index (χ2n) is 3.24. The molecule has 1 aromatic rings. The van der Waals surface area contributed by atoms with Gasteiger partial charge in [-0.1, -0.05) is 31.6 Å². The molecule has 3 nitrogen and oxygen atoms in total. The second kappa shape index (κ2) is 4.72. The maximum Gasteiger partial charge on any atom is 0.204 e. The summed E-state index contributed by atoms with van der Waals surface area (Å²) < 4.78 is 0.721. The lowest BCUT2D eigenvalue weighted by Gasteiger charge is -2.18. The maximum absolute atomic E-state index is 4.94. The summed E-state index contributed by atoms with van der Waals surface area (Å²) in [4.78, 5) is 0. The molecule has 0 fully saturated rings. The van der Waals surface area contributed by atoms with Gasteiger partial charge in [0.15, 0.2) is 3.95 Å². The molecule has 0 amide bonds. The van der Waals surface area contributed by atoms with Crippen molar-refractivity contribution >= 4 is 28.7 Å². The van der Waals surface area contributed by atoms with E-state index < -0.39 is 0 Å². The standard InChI is InChI=1S/C8H15N3S2/c1-4-5(2)6(3)9-7-10-11-8(12)13-7/h5-6H,4H2,1-3H3,(H,9,10)(H,11,12). The van der Waals surface area contributed by atoms with Gasteiger partial charge in [-0.05, 0) is 25.1 Å². The second-order valence-corrected chi connectivity index (χ2v) is 4.90. The molecule has 5 heteroatoms. The van der Waals surface area contributed by atoms with Gasteiger partial charge in [-0.15, -0.1) is 5.10 Å². The van der Waals surface area contributed by atoms with Gasteiger partial charge in [0.2, 0.25) is 5.13 Å². The molecule has 0 aromatic carbocycles. The lowest BCUT2D eigenvalue weighted by atomic mass is 10.0. The zero-order valence-corrected chi connectivity index (χ0v) is 9.76. The number of nitrogens with zero attached hydrogens (tertiary/aromatic N) is 1. The summed E-state index contributed by atoms with van der Waals surface area (Å²) >= 11 is 6.42. The van der Waals surface area contributed by atoms with Crippen molar-refractivity contribution in [1.29, 1.82) is 0 Å². The number of anilines is 1. The van der Waals surface area contributed by atoms with Crippen molar-refractivity contribution < 1.29 is 0 Å². The molecular weight excluding hydrogens is 202 g/mol. The maximum atomic E-state index is 4.94. The number of H-pyrrole nitrogens is 1. The van der Waals surface area contributed by atoms with E-state index in [2.05, 4.69) is 36.3 Å². The van der Waals surface area contributed by atoms with Crippen LogP contribution in [0.25, 0.3) is 0 Å². The number of hydrogen-bond donors (Lipinski definition) is 2. The van der Waals surface area contributed by atoms with E-state index >= 15 is 0 Å². The first-order chi connectivity index (χ1) is 6.13. The van der Waals surface area contributed by atoms with Crippen LogP contribution in [0.2, 0.25) is 0 Å². The van der Waals surface area contributed by atoms with Crippen LogP contribution in [-0.2, 0) is 0 Å². The molecule has 13 heavy (non-hydrogen) atoms. The van der Waals surface area contributed by atoms with Gasteiger partial charge < -0.3 is 5.32 Å². The Bertz CT molecular complexity index is 304. The molecule has 0 aliphatic rings. The van der Waals surface area contributed by atoms with Crippen molar-refractivity contribution in [2.24, 2.45) is 5.92 Å². The predicted molar refractivity (Wildman–Crippen MR) is 59.8 cm³/mol. The van der Waals surface area contributed by atoms with Crippen LogP contribution in [0, 0.1) is 9.87 Å². The van der Waals surface area contributed by atoms with Gasteiger partial charge in [-0.2, -0.15) is 0 Å². The van der Waals surface area contributed by atoms with Crippen LogP contribution >= 0.6 is 23.6 Å². The Kier molecular flexibility index (Phi) is 3.87. The van der Waals surface area contributed by atoms with E-state index in [-0.39, 0.29) is 0 Å². The molecule has 2 N–H and O–H groups in total. The van der Waals surface area contributed by atoms with Gasteiger partial charge in [-0.25, -0.2) is 0 Å². The minimum Gasteiger partial charge on any atom is -0.357 e. The predicted octanol–water partition coefficient (Wildman–Crippen LogP) is 3.05. The van der Waals surface area contributed by atoms with Crippen molar-refractivity contribution in [3.05, 3.63) is 3.95 Å². The molecule has 2 unspecified atom stereocenters. The van der Waals surface area contributed by atoms with E-state index in [9.17, 15) is 0 Å². The third-order valence-corrected chi connectivity index (χ3v) is 3.31. The highest BCUT2D eigenvalue weighted by Crippen LogP contribution is 2.16. The fourth-order valence-electron chi connectivity index (χ4n) is 0.982. The Morgan fingerprint density at radius 3 is 2.77 bits per heavy atom. The van der Waals surface area contributed by atoms with E-state index in [0.717, 1.165) is 9.09 Å². The van der Waals surface area contributed by atoms with Gasteiger partial charge in [0.25, 0.3) is 0 Å². The zero-order chi connectivity index (χ0) is 9.84. The van der Waals surface area contributed by atoms with E-state index in [1.54, 1.807) is 0 Å². The van der Waals surface area contributed by atoms with Gasteiger partial charge in [0, 0.05) is 6.04 Å². The van der Waals surface area contributed by atoms with E-state index in [4.69, 9.17) is 12.2 Å². The Morgan fingerprint density at radius 2 is 2.31 bits per heavy atom. The normalized spacial score (nSPS) is 15.3. The number of rotatable bonds is 4. The summed E-state index contributed by atoms with van der Waals surface area (Å²) in [6, 6.07) is 0.443. The molecule has 0 saturated carbocycles. The Labute approximate surface area is 87.6 Å². The Balaban J connectivity index is 2.54. The van der Waals surface area contributed by atoms with Crippen molar-refractivity contribution in [3.8, 4) is 0 Å². The molecule has 0 radical (unpaired) electrons. The zero-order valence-electron chi connectivity index (χ0n) is 8.13. The lowest BCUT2D eigenvalue weighted by molar-refractivity contribution is 0.494. The fourth-order valence-corrected chi connectivity index (χ4v) is 1.87. The summed E-state index contributed by atoms with van der Waals surface area (Å²) in [5.41, 5.74) is 0. The first kappa shape index (κ1) is 10.7. The van der Waals surface area contributed by atoms with Crippen LogP contribution in [0.3, 0.4) is 0 Å². The molecular formula is C8H15N3S2. The van der Waals surface area contributed by atoms with E-state index in [1.807, 2.05) is 0 Å². The van der Waals surface area contributed by atoms with Gasteiger partial charge in [0.1, 0.15) is 0 Å². The fraction of sp³-hybridized carbons (Fsp3) is 0.750. The van der Waals surface area contributed by atoms with Gasteiger partial charge in [-0.3, -0.25) is 5.10 Å². The lowest BCUT2D eigenvalue weighted by Crippen LogP contribution is -2.22. The largest absolute Gasteiger partial charge is 0.357 e. The third-order valence-electron chi connectivity index (χ3n) is 2.29. The summed E-state index contributed by atoms with van der Waals surface area (Å²) in [6.45, 7) is 6.58. The highest BCUT2D eigenvalue weighted by Gasteiger charge is 2.10. The van der Waals surface area contributed by atoms with Gasteiger partial charge >= 0.3 is 0 Å². The minimum absolute atomic E-state index is 0.443. The molecule has 0 bridgehead atoms. The molecule has 0 aliphatic heterocycles. The summed E-state index contributed by atoms with van der Waals surface area (Å²) in [6.07, 6.45) is 1.17. The minimum atomic E-state index is 0.443.